The van der Waals surface area contributed by atoms with Gasteiger partial charge in [-0.1, -0.05) is 16.9 Å². The van der Waals surface area contributed by atoms with Crippen molar-refractivity contribution >= 4 is 17.4 Å². The second-order valence-electron chi connectivity index (χ2n) is 5.36. The average molecular weight is 344 g/mol. The Morgan fingerprint density at radius 1 is 1.33 bits per heavy atom. The van der Waals surface area contributed by atoms with Crippen molar-refractivity contribution in [2.24, 2.45) is 0 Å². The number of nitro benzene ring substituents is 1. The van der Waals surface area contributed by atoms with E-state index in [1.54, 1.807) is 18.5 Å². The lowest BCUT2D eigenvalue weighted by Crippen LogP contribution is -1.94. The van der Waals surface area contributed by atoms with Crippen LogP contribution in [0.2, 0.25) is 0 Å². The molecule has 0 amide bonds. The molecule has 10 heteroatoms. The van der Waals surface area contributed by atoms with E-state index < -0.39 is 4.92 Å². The molecular formula is C14H12N6O3S. The summed E-state index contributed by atoms with van der Waals surface area (Å²) < 4.78 is 7.31. The Labute approximate surface area is 140 Å². The number of non-ortho nitro benzene ring substituents is 1. The molecule has 4 rings (SSSR count). The Hall–Kier alpha value is -2.75. The first kappa shape index (κ1) is 14.8. The predicted octanol–water partition coefficient (Wildman–Crippen LogP) is 2.86. The van der Waals surface area contributed by atoms with Gasteiger partial charge < -0.3 is 9.09 Å². The minimum atomic E-state index is -0.446. The molecule has 1 aromatic carbocycles. The molecule has 1 aliphatic carbocycles. The summed E-state index contributed by atoms with van der Waals surface area (Å²) in [6, 6.07) is 6.55. The molecule has 0 aliphatic heterocycles. The van der Waals surface area contributed by atoms with Crippen LogP contribution in [0, 0.1) is 10.1 Å². The van der Waals surface area contributed by atoms with Crippen molar-refractivity contribution in [1.82, 2.24) is 24.9 Å². The summed E-state index contributed by atoms with van der Waals surface area (Å²) in [6.45, 7) is 0. The number of aromatic nitrogens is 5. The fourth-order valence-corrected chi connectivity index (χ4v) is 3.05. The predicted molar refractivity (Wildman–Crippen MR) is 84.2 cm³/mol. The Kier molecular flexibility index (Phi) is 3.73. The van der Waals surface area contributed by atoms with Crippen LogP contribution in [0.25, 0.3) is 11.4 Å². The third-order valence-corrected chi connectivity index (χ3v) is 4.55. The van der Waals surface area contributed by atoms with E-state index in [4.69, 9.17) is 4.52 Å². The molecule has 24 heavy (non-hydrogen) atoms. The number of hydrogen-bond donors (Lipinski definition) is 0. The van der Waals surface area contributed by atoms with Crippen LogP contribution in [0.15, 0.2) is 40.3 Å². The molecule has 0 radical (unpaired) electrons. The third kappa shape index (κ3) is 3.00. The van der Waals surface area contributed by atoms with E-state index in [1.165, 1.54) is 23.9 Å². The van der Waals surface area contributed by atoms with E-state index in [0.717, 1.165) is 18.0 Å². The summed E-state index contributed by atoms with van der Waals surface area (Å²) in [6.07, 6.45) is 4.07. The molecule has 1 fully saturated rings. The molecule has 0 bridgehead atoms. The van der Waals surface area contributed by atoms with Crippen LogP contribution in [0.1, 0.15) is 24.8 Å². The Morgan fingerprint density at radius 2 is 2.12 bits per heavy atom. The average Bonchev–Trinajstić information content (AvgIpc) is 3.14. The highest BCUT2D eigenvalue weighted by atomic mass is 32.2. The number of hydrogen-bond acceptors (Lipinski definition) is 8. The topological polar surface area (TPSA) is 113 Å². The third-order valence-electron chi connectivity index (χ3n) is 3.61. The van der Waals surface area contributed by atoms with E-state index in [1.807, 2.05) is 0 Å². The zero-order valence-electron chi connectivity index (χ0n) is 12.4. The smallest absolute Gasteiger partial charge is 0.269 e. The van der Waals surface area contributed by atoms with E-state index in [9.17, 15) is 10.1 Å². The highest BCUT2D eigenvalue weighted by molar-refractivity contribution is 7.98. The summed E-state index contributed by atoms with van der Waals surface area (Å²) >= 11 is 1.49. The molecule has 0 N–H and O–H groups in total. The SMILES string of the molecule is O=[N+]([O-])c1ccc(-c2noc(CSc3nncn3C3CC3)n2)cc1. The molecule has 0 atom stereocenters. The van der Waals surface area contributed by atoms with E-state index >= 15 is 0 Å². The van der Waals surface area contributed by atoms with Crippen molar-refractivity contribution < 1.29 is 9.45 Å². The fourth-order valence-electron chi connectivity index (χ4n) is 2.23. The van der Waals surface area contributed by atoms with Crippen molar-refractivity contribution in [2.75, 3.05) is 0 Å². The lowest BCUT2D eigenvalue weighted by molar-refractivity contribution is -0.384. The van der Waals surface area contributed by atoms with Gasteiger partial charge in [0, 0.05) is 23.7 Å². The summed E-state index contributed by atoms with van der Waals surface area (Å²) in [4.78, 5) is 14.5. The van der Waals surface area contributed by atoms with Gasteiger partial charge in [0.25, 0.3) is 5.69 Å². The van der Waals surface area contributed by atoms with Gasteiger partial charge in [-0.15, -0.1) is 10.2 Å². The van der Waals surface area contributed by atoms with Gasteiger partial charge in [0.15, 0.2) is 5.16 Å². The highest BCUT2D eigenvalue weighted by Crippen LogP contribution is 2.37. The quantitative estimate of drug-likeness (QED) is 0.381. The van der Waals surface area contributed by atoms with Crippen LogP contribution in [0.5, 0.6) is 0 Å². The van der Waals surface area contributed by atoms with Gasteiger partial charge in [-0.3, -0.25) is 10.1 Å². The monoisotopic (exact) mass is 344 g/mol. The standard InChI is InChI=1S/C14H12N6O3S/c21-20(22)11-3-1-9(2-4-11)13-16-12(23-18-13)7-24-14-17-15-8-19(14)10-5-6-10/h1-4,8,10H,5-7H2. The van der Waals surface area contributed by atoms with Crippen LogP contribution < -0.4 is 0 Å². The van der Waals surface area contributed by atoms with Crippen LogP contribution >= 0.6 is 11.8 Å². The fraction of sp³-hybridized carbons (Fsp3) is 0.286. The summed E-state index contributed by atoms with van der Waals surface area (Å²) in [7, 11) is 0. The molecular weight excluding hydrogens is 332 g/mol. The van der Waals surface area contributed by atoms with Crippen LogP contribution in [0.3, 0.4) is 0 Å². The number of rotatable bonds is 6. The first-order chi connectivity index (χ1) is 11.7. The maximum atomic E-state index is 10.7. The maximum absolute atomic E-state index is 10.7. The Bertz CT molecular complexity index is 871. The zero-order valence-corrected chi connectivity index (χ0v) is 13.2. The summed E-state index contributed by atoms with van der Waals surface area (Å²) in [5, 5.41) is 23.5. The van der Waals surface area contributed by atoms with Crippen LogP contribution in [-0.4, -0.2) is 29.8 Å². The molecule has 122 valence electrons. The van der Waals surface area contributed by atoms with Gasteiger partial charge in [-0.2, -0.15) is 4.98 Å². The van der Waals surface area contributed by atoms with Crippen molar-refractivity contribution in [3.63, 3.8) is 0 Å². The Morgan fingerprint density at radius 3 is 2.83 bits per heavy atom. The lowest BCUT2D eigenvalue weighted by atomic mass is 10.2. The minimum absolute atomic E-state index is 0.0254. The second kappa shape index (κ2) is 6.04. The van der Waals surface area contributed by atoms with Gasteiger partial charge >= 0.3 is 0 Å². The molecule has 3 aromatic rings. The van der Waals surface area contributed by atoms with Gasteiger partial charge in [0.2, 0.25) is 11.7 Å². The molecule has 9 nitrogen and oxygen atoms in total. The molecule has 0 spiro atoms. The number of benzene rings is 1. The van der Waals surface area contributed by atoms with Gasteiger partial charge in [-0.05, 0) is 25.0 Å². The van der Waals surface area contributed by atoms with E-state index in [0.29, 0.717) is 29.1 Å². The molecule has 2 heterocycles. The lowest BCUT2D eigenvalue weighted by Gasteiger charge is -2.01. The summed E-state index contributed by atoms with van der Waals surface area (Å²) in [5.74, 6) is 1.37. The first-order valence-corrected chi connectivity index (χ1v) is 8.29. The van der Waals surface area contributed by atoms with Gasteiger partial charge in [0.05, 0.1) is 10.7 Å². The van der Waals surface area contributed by atoms with Crippen molar-refractivity contribution in [2.45, 2.75) is 29.8 Å². The van der Waals surface area contributed by atoms with Crippen molar-refractivity contribution in [1.29, 1.82) is 0 Å². The minimum Gasteiger partial charge on any atom is -0.338 e. The van der Waals surface area contributed by atoms with E-state index in [-0.39, 0.29) is 5.69 Å². The Balaban J connectivity index is 1.44. The molecule has 2 aromatic heterocycles. The first-order valence-electron chi connectivity index (χ1n) is 7.30. The maximum Gasteiger partial charge on any atom is 0.269 e. The number of nitro groups is 1. The van der Waals surface area contributed by atoms with Crippen molar-refractivity contribution in [3.05, 3.63) is 46.6 Å². The van der Waals surface area contributed by atoms with Crippen LogP contribution in [-0.2, 0) is 5.75 Å². The van der Waals surface area contributed by atoms with Crippen LogP contribution in [0.4, 0.5) is 5.69 Å². The summed E-state index contributed by atoms with van der Waals surface area (Å²) in [5.41, 5.74) is 0.694. The molecule has 0 saturated heterocycles. The number of nitrogens with zero attached hydrogens (tertiary/aromatic N) is 6. The van der Waals surface area contributed by atoms with Gasteiger partial charge in [-0.25, -0.2) is 0 Å². The molecule has 1 saturated carbocycles. The highest BCUT2D eigenvalue weighted by Gasteiger charge is 2.26. The van der Waals surface area contributed by atoms with Gasteiger partial charge in [0.1, 0.15) is 6.33 Å². The zero-order chi connectivity index (χ0) is 16.5. The normalized spacial score (nSPS) is 14.0. The second-order valence-corrected chi connectivity index (χ2v) is 6.30. The van der Waals surface area contributed by atoms with E-state index in [2.05, 4.69) is 24.9 Å². The largest absolute Gasteiger partial charge is 0.338 e. The molecule has 0 unspecified atom stereocenters. The van der Waals surface area contributed by atoms with Crippen molar-refractivity contribution in [3.8, 4) is 11.4 Å². The number of thioether (sulfide) groups is 1. The molecule has 1 aliphatic rings.